The van der Waals surface area contributed by atoms with Crippen LogP contribution in [0.5, 0.6) is 0 Å². The Balaban J connectivity index is 1.93. The lowest BCUT2D eigenvalue weighted by Gasteiger charge is -2.18. The first-order valence-corrected chi connectivity index (χ1v) is 5.98. The molecule has 0 aromatic carbocycles. The van der Waals surface area contributed by atoms with Gasteiger partial charge in [-0.05, 0) is 36.6 Å². The highest BCUT2D eigenvalue weighted by atomic mass is 16.1. The molecular weight excluding hydrogens is 198 g/mol. The quantitative estimate of drug-likeness (QED) is 0.724. The van der Waals surface area contributed by atoms with Crippen molar-refractivity contribution in [3.63, 3.8) is 0 Å². The molecule has 0 aliphatic heterocycles. The third-order valence-corrected chi connectivity index (χ3v) is 3.13. The van der Waals surface area contributed by atoms with E-state index in [1.54, 1.807) is 18.5 Å². The van der Waals surface area contributed by atoms with Gasteiger partial charge in [-0.3, -0.25) is 9.78 Å². The Morgan fingerprint density at radius 2 is 2.12 bits per heavy atom. The summed E-state index contributed by atoms with van der Waals surface area (Å²) in [6, 6.07) is 3.84. The average Bonchev–Trinajstić information content (AvgIpc) is 2.38. The highest BCUT2D eigenvalue weighted by Gasteiger charge is 2.18. The lowest BCUT2D eigenvalue weighted by Crippen LogP contribution is -2.15. The van der Waals surface area contributed by atoms with Gasteiger partial charge in [0.05, 0.1) is 0 Å². The van der Waals surface area contributed by atoms with Crippen molar-refractivity contribution < 1.29 is 4.79 Å². The summed E-state index contributed by atoms with van der Waals surface area (Å²) in [4.78, 5) is 15.9. The minimum absolute atomic E-state index is 0.265. The van der Waals surface area contributed by atoms with Crippen LogP contribution < -0.4 is 0 Å². The molecular formula is C14H17NO. The molecule has 1 fully saturated rings. The fourth-order valence-electron chi connectivity index (χ4n) is 2.18. The Kier molecular flexibility index (Phi) is 3.86. The molecule has 0 bridgehead atoms. The van der Waals surface area contributed by atoms with Crippen LogP contribution in [0.15, 0.2) is 30.6 Å². The second-order valence-electron chi connectivity index (χ2n) is 4.36. The van der Waals surface area contributed by atoms with Gasteiger partial charge in [-0.15, -0.1) is 0 Å². The van der Waals surface area contributed by atoms with Crippen molar-refractivity contribution in [1.82, 2.24) is 4.98 Å². The van der Waals surface area contributed by atoms with E-state index in [0.29, 0.717) is 0 Å². The van der Waals surface area contributed by atoms with Crippen LogP contribution in [-0.2, 0) is 4.79 Å². The molecule has 84 valence electrons. The van der Waals surface area contributed by atoms with E-state index < -0.39 is 0 Å². The third-order valence-electron chi connectivity index (χ3n) is 3.13. The summed E-state index contributed by atoms with van der Waals surface area (Å²) in [7, 11) is 0. The van der Waals surface area contributed by atoms with Gasteiger partial charge in [-0.25, -0.2) is 0 Å². The van der Waals surface area contributed by atoms with Crippen LogP contribution in [0.4, 0.5) is 0 Å². The molecule has 2 rings (SSSR count). The molecule has 1 saturated carbocycles. The summed E-state index contributed by atoms with van der Waals surface area (Å²) in [5.74, 6) is 0.547. The third kappa shape index (κ3) is 3.02. The van der Waals surface area contributed by atoms with Crippen molar-refractivity contribution >= 4 is 11.9 Å². The zero-order chi connectivity index (χ0) is 11.2. The lowest BCUT2D eigenvalue weighted by atomic mass is 9.86. The van der Waals surface area contributed by atoms with E-state index in [0.717, 1.165) is 18.4 Å². The fraction of sp³-hybridized carbons (Fsp3) is 0.429. The van der Waals surface area contributed by atoms with Crippen LogP contribution in [0.2, 0.25) is 0 Å². The standard InChI is InChI=1S/C14H17NO/c16-14(13-6-2-1-3-7-13)9-8-12-5-4-10-15-11-12/h4-5,8-11,13H,1-3,6-7H2. The van der Waals surface area contributed by atoms with Crippen molar-refractivity contribution in [3.8, 4) is 0 Å². The molecule has 0 spiro atoms. The van der Waals surface area contributed by atoms with Crippen molar-refractivity contribution in [3.05, 3.63) is 36.2 Å². The van der Waals surface area contributed by atoms with E-state index in [9.17, 15) is 4.79 Å². The molecule has 0 unspecified atom stereocenters. The second-order valence-corrected chi connectivity index (χ2v) is 4.36. The van der Waals surface area contributed by atoms with Crippen LogP contribution in [-0.4, -0.2) is 10.8 Å². The molecule has 0 atom stereocenters. The van der Waals surface area contributed by atoms with Crippen LogP contribution in [0, 0.1) is 5.92 Å². The predicted octanol–water partition coefficient (Wildman–Crippen LogP) is 3.24. The predicted molar refractivity (Wildman–Crippen MR) is 64.9 cm³/mol. The average molecular weight is 215 g/mol. The number of rotatable bonds is 3. The highest BCUT2D eigenvalue weighted by molar-refractivity contribution is 5.95. The normalized spacial score (nSPS) is 17.8. The minimum atomic E-state index is 0.265. The molecule has 1 aliphatic rings. The monoisotopic (exact) mass is 215 g/mol. The van der Waals surface area contributed by atoms with Crippen molar-refractivity contribution in [1.29, 1.82) is 0 Å². The summed E-state index contributed by atoms with van der Waals surface area (Å²) < 4.78 is 0. The van der Waals surface area contributed by atoms with Gasteiger partial charge in [0.15, 0.2) is 5.78 Å². The SMILES string of the molecule is O=C(C=Cc1cccnc1)C1CCCCC1. The van der Waals surface area contributed by atoms with E-state index in [2.05, 4.69) is 4.98 Å². The summed E-state index contributed by atoms with van der Waals surface area (Å²) in [5.41, 5.74) is 0.992. The zero-order valence-corrected chi connectivity index (χ0v) is 9.43. The zero-order valence-electron chi connectivity index (χ0n) is 9.43. The molecule has 1 aromatic heterocycles. The number of aromatic nitrogens is 1. The fourth-order valence-corrected chi connectivity index (χ4v) is 2.18. The van der Waals surface area contributed by atoms with Gasteiger partial charge in [0.1, 0.15) is 0 Å². The van der Waals surface area contributed by atoms with Crippen LogP contribution in [0.3, 0.4) is 0 Å². The summed E-state index contributed by atoms with van der Waals surface area (Å²) in [6.07, 6.45) is 12.9. The Labute approximate surface area is 96.4 Å². The maximum atomic E-state index is 11.9. The van der Waals surface area contributed by atoms with E-state index >= 15 is 0 Å². The largest absolute Gasteiger partial charge is 0.295 e. The number of carbonyl (C=O) groups excluding carboxylic acids is 1. The van der Waals surface area contributed by atoms with Crippen molar-refractivity contribution in [2.75, 3.05) is 0 Å². The molecule has 2 nitrogen and oxygen atoms in total. The number of ketones is 1. The van der Waals surface area contributed by atoms with E-state index in [1.165, 1.54) is 19.3 Å². The number of hydrogen-bond donors (Lipinski definition) is 0. The van der Waals surface area contributed by atoms with Gasteiger partial charge in [-0.2, -0.15) is 0 Å². The Morgan fingerprint density at radius 3 is 2.81 bits per heavy atom. The Bertz CT molecular complexity index is 364. The number of hydrogen-bond acceptors (Lipinski definition) is 2. The topological polar surface area (TPSA) is 30.0 Å². The summed E-state index contributed by atoms with van der Waals surface area (Å²) in [5, 5.41) is 0. The molecule has 0 N–H and O–H groups in total. The first-order valence-electron chi connectivity index (χ1n) is 5.98. The van der Waals surface area contributed by atoms with Gasteiger partial charge < -0.3 is 0 Å². The first-order chi connectivity index (χ1) is 7.86. The first kappa shape index (κ1) is 11.1. The molecule has 0 saturated heterocycles. The number of allylic oxidation sites excluding steroid dienone is 1. The maximum absolute atomic E-state index is 11.9. The van der Waals surface area contributed by atoms with Gasteiger partial charge in [0, 0.05) is 18.3 Å². The Morgan fingerprint density at radius 1 is 1.31 bits per heavy atom. The maximum Gasteiger partial charge on any atom is 0.158 e. The van der Waals surface area contributed by atoms with Gasteiger partial charge in [-0.1, -0.05) is 25.3 Å². The summed E-state index contributed by atoms with van der Waals surface area (Å²) in [6.45, 7) is 0. The molecule has 2 heteroatoms. The minimum Gasteiger partial charge on any atom is -0.295 e. The smallest absolute Gasteiger partial charge is 0.158 e. The van der Waals surface area contributed by atoms with Crippen LogP contribution in [0.25, 0.3) is 6.08 Å². The molecule has 1 aliphatic carbocycles. The lowest BCUT2D eigenvalue weighted by molar-refractivity contribution is -0.119. The number of pyridine rings is 1. The number of nitrogens with zero attached hydrogens (tertiary/aromatic N) is 1. The molecule has 1 aromatic rings. The van der Waals surface area contributed by atoms with Crippen LogP contribution in [0.1, 0.15) is 37.7 Å². The summed E-state index contributed by atoms with van der Waals surface area (Å²) >= 11 is 0. The molecule has 0 amide bonds. The Hall–Kier alpha value is -1.44. The second kappa shape index (κ2) is 5.59. The van der Waals surface area contributed by atoms with Crippen molar-refractivity contribution in [2.24, 2.45) is 5.92 Å². The van der Waals surface area contributed by atoms with Gasteiger partial charge in [0.25, 0.3) is 0 Å². The van der Waals surface area contributed by atoms with Gasteiger partial charge >= 0.3 is 0 Å². The molecule has 0 radical (unpaired) electrons. The van der Waals surface area contributed by atoms with Crippen LogP contribution >= 0.6 is 0 Å². The molecule has 16 heavy (non-hydrogen) atoms. The number of carbonyl (C=O) groups is 1. The van der Waals surface area contributed by atoms with E-state index in [1.807, 2.05) is 18.2 Å². The van der Waals surface area contributed by atoms with E-state index in [4.69, 9.17) is 0 Å². The van der Waals surface area contributed by atoms with Gasteiger partial charge in [0.2, 0.25) is 0 Å². The highest BCUT2D eigenvalue weighted by Crippen LogP contribution is 2.24. The van der Waals surface area contributed by atoms with E-state index in [-0.39, 0.29) is 11.7 Å². The molecule has 1 heterocycles. The van der Waals surface area contributed by atoms with Crippen molar-refractivity contribution in [2.45, 2.75) is 32.1 Å².